The van der Waals surface area contributed by atoms with Crippen LogP contribution in [0.15, 0.2) is 78.9 Å². The predicted molar refractivity (Wildman–Crippen MR) is 136 cm³/mol. The molecule has 1 aliphatic heterocycles. The lowest BCUT2D eigenvalue weighted by Crippen LogP contribution is -2.34. The second kappa shape index (κ2) is 8.84. The topological polar surface area (TPSA) is 54.0 Å². The van der Waals surface area contributed by atoms with Gasteiger partial charge in [0.1, 0.15) is 17.2 Å². The van der Waals surface area contributed by atoms with Gasteiger partial charge in [-0.15, -0.1) is 0 Å². The maximum absolute atomic E-state index is 12.9. The van der Waals surface area contributed by atoms with Crippen molar-refractivity contribution >= 4 is 22.8 Å². The van der Waals surface area contributed by atoms with E-state index in [1.165, 1.54) is 7.11 Å². The fourth-order valence-corrected chi connectivity index (χ4v) is 4.79. The second-order valence-electron chi connectivity index (χ2n) is 8.41. The SMILES string of the molecule is COC(=O)c1c2c(c3ccccc3c1C)OC(c1ccc(OC)cc1)(c1ccc(OC)cc1)C=C2. The third kappa shape index (κ3) is 3.60. The van der Waals surface area contributed by atoms with Gasteiger partial charge in [0, 0.05) is 22.1 Å². The monoisotopic (exact) mass is 466 g/mol. The molecule has 0 amide bonds. The Balaban J connectivity index is 1.80. The van der Waals surface area contributed by atoms with Crippen LogP contribution >= 0.6 is 0 Å². The summed E-state index contributed by atoms with van der Waals surface area (Å²) in [4.78, 5) is 12.9. The van der Waals surface area contributed by atoms with E-state index in [1.807, 2.05) is 91.9 Å². The molecule has 1 heterocycles. The summed E-state index contributed by atoms with van der Waals surface area (Å²) in [6, 6.07) is 23.6. The van der Waals surface area contributed by atoms with E-state index in [0.717, 1.165) is 39.0 Å². The second-order valence-corrected chi connectivity index (χ2v) is 8.41. The van der Waals surface area contributed by atoms with E-state index < -0.39 is 5.60 Å². The molecule has 5 nitrogen and oxygen atoms in total. The van der Waals surface area contributed by atoms with Gasteiger partial charge in [-0.1, -0.05) is 48.5 Å². The Hall–Kier alpha value is -4.25. The number of rotatable bonds is 5. The van der Waals surface area contributed by atoms with E-state index in [0.29, 0.717) is 16.9 Å². The Morgan fingerprint density at radius 1 is 0.771 bits per heavy atom. The van der Waals surface area contributed by atoms with Gasteiger partial charge in [-0.25, -0.2) is 4.79 Å². The molecule has 0 fully saturated rings. The van der Waals surface area contributed by atoms with Gasteiger partial charge in [0.05, 0.1) is 26.9 Å². The Labute approximate surface area is 204 Å². The van der Waals surface area contributed by atoms with Crippen LogP contribution in [0.25, 0.3) is 16.8 Å². The largest absolute Gasteiger partial charge is 0.497 e. The highest BCUT2D eigenvalue weighted by molar-refractivity contribution is 6.06. The van der Waals surface area contributed by atoms with Gasteiger partial charge in [0.2, 0.25) is 0 Å². The Bertz CT molecular complexity index is 1390. The predicted octanol–water partition coefficient (Wildman–Crippen LogP) is 6.30. The molecule has 0 spiro atoms. The van der Waals surface area contributed by atoms with E-state index in [9.17, 15) is 4.79 Å². The van der Waals surface area contributed by atoms with Crippen LogP contribution in [0, 0.1) is 6.92 Å². The van der Waals surface area contributed by atoms with Crippen molar-refractivity contribution in [1.29, 1.82) is 0 Å². The van der Waals surface area contributed by atoms with Gasteiger partial charge in [0.25, 0.3) is 0 Å². The van der Waals surface area contributed by atoms with Gasteiger partial charge < -0.3 is 18.9 Å². The molecular weight excluding hydrogens is 440 g/mol. The quantitative estimate of drug-likeness (QED) is 0.323. The smallest absolute Gasteiger partial charge is 0.338 e. The zero-order chi connectivity index (χ0) is 24.6. The lowest BCUT2D eigenvalue weighted by Gasteiger charge is -2.37. The first-order chi connectivity index (χ1) is 17.0. The zero-order valence-corrected chi connectivity index (χ0v) is 20.1. The first-order valence-corrected chi connectivity index (χ1v) is 11.3. The molecule has 0 bridgehead atoms. The summed E-state index contributed by atoms with van der Waals surface area (Å²) in [6.07, 6.45) is 3.97. The van der Waals surface area contributed by atoms with Gasteiger partial charge >= 0.3 is 5.97 Å². The van der Waals surface area contributed by atoms with Crippen LogP contribution in [-0.2, 0) is 10.3 Å². The van der Waals surface area contributed by atoms with Crippen molar-refractivity contribution in [3.05, 3.63) is 107 Å². The summed E-state index contributed by atoms with van der Waals surface area (Å²) in [5.41, 5.74) is 3.00. The van der Waals surface area contributed by atoms with Gasteiger partial charge in [0.15, 0.2) is 5.60 Å². The third-order valence-corrected chi connectivity index (χ3v) is 6.64. The van der Waals surface area contributed by atoms with Crippen LogP contribution in [-0.4, -0.2) is 27.3 Å². The first kappa shape index (κ1) is 22.5. The Morgan fingerprint density at radius 3 is 1.83 bits per heavy atom. The average molecular weight is 467 g/mol. The van der Waals surface area contributed by atoms with Crippen molar-refractivity contribution in [2.75, 3.05) is 21.3 Å². The van der Waals surface area contributed by atoms with Gasteiger partial charge in [-0.3, -0.25) is 0 Å². The van der Waals surface area contributed by atoms with Crippen molar-refractivity contribution in [1.82, 2.24) is 0 Å². The van der Waals surface area contributed by atoms with E-state index in [2.05, 4.69) is 0 Å². The minimum atomic E-state index is -0.934. The molecule has 176 valence electrons. The van der Waals surface area contributed by atoms with Crippen LogP contribution < -0.4 is 14.2 Å². The van der Waals surface area contributed by atoms with Gasteiger partial charge in [-0.2, -0.15) is 0 Å². The fraction of sp³-hybridized carbons (Fsp3) is 0.167. The molecule has 0 saturated heterocycles. The van der Waals surface area contributed by atoms with Crippen LogP contribution in [0.2, 0.25) is 0 Å². The minimum Gasteiger partial charge on any atom is -0.497 e. The number of benzene rings is 4. The molecule has 4 aromatic rings. The van der Waals surface area contributed by atoms with Gasteiger partial charge in [-0.05, 0) is 54.3 Å². The molecule has 0 saturated carbocycles. The summed E-state index contributed by atoms with van der Waals surface area (Å²) in [6.45, 7) is 1.94. The number of hydrogen-bond acceptors (Lipinski definition) is 5. The number of methoxy groups -OCH3 is 3. The summed E-state index contributed by atoms with van der Waals surface area (Å²) < 4.78 is 22.9. The summed E-state index contributed by atoms with van der Waals surface area (Å²) >= 11 is 0. The minimum absolute atomic E-state index is 0.390. The molecule has 5 rings (SSSR count). The van der Waals surface area contributed by atoms with E-state index >= 15 is 0 Å². The normalized spacial score (nSPS) is 13.6. The number of esters is 1. The summed E-state index contributed by atoms with van der Waals surface area (Å²) in [5.74, 6) is 1.76. The summed E-state index contributed by atoms with van der Waals surface area (Å²) in [7, 11) is 4.68. The van der Waals surface area contributed by atoms with Crippen molar-refractivity contribution in [3.8, 4) is 17.2 Å². The van der Waals surface area contributed by atoms with Crippen LogP contribution in [0.3, 0.4) is 0 Å². The molecular formula is C30H26O5. The molecule has 1 aliphatic rings. The Morgan fingerprint density at radius 2 is 1.31 bits per heavy atom. The average Bonchev–Trinajstić information content (AvgIpc) is 2.93. The fourth-order valence-electron chi connectivity index (χ4n) is 4.79. The summed E-state index contributed by atoms with van der Waals surface area (Å²) in [5, 5.41) is 1.88. The lowest BCUT2D eigenvalue weighted by molar-refractivity contribution is 0.0598. The highest BCUT2D eigenvalue weighted by Gasteiger charge is 2.39. The highest BCUT2D eigenvalue weighted by atomic mass is 16.5. The number of carbonyl (C=O) groups is 1. The third-order valence-electron chi connectivity index (χ3n) is 6.64. The zero-order valence-electron chi connectivity index (χ0n) is 20.1. The Kier molecular flexibility index (Phi) is 5.69. The number of fused-ring (bicyclic) bond motifs is 3. The number of ether oxygens (including phenoxy) is 4. The van der Waals surface area contributed by atoms with E-state index in [4.69, 9.17) is 18.9 Å². The maximum Gasteiger partial charge on any atom is 0.338 e. The number of aryl methyl sites for hydroxylation is 1. The molecule has 0 unspecified atom stereocenters. The molecule has 0 N–H and O–H groups in total. The van der Waals surface area contributed by atoms with Crippen molar-refractivity contribution in [2.45, 2.75) is 12.5 Å². The van der Waals surface area contributed by atoms with E-state index in [-0.39, 0.29) is 5.97 Å². The van der Waals surface area contributed by atoms with E-state index in [1.54, 1.807) is 14.2 Å². The highest BCUT2D eigenvalue weighted by Crippen LogP contribution is 2.47. The van der Waals surface area contributed by atoms with Crippen molar-refractivity contribution in [3.63, 3.8) is 0 Å². The first-order valence-electron chi connectivity index (χ1n) is 11.3. The number of hydrogen-bond donors (Lipinski definition) is 0. The molecule has 0 aromatic heterocycles. The van der Waals surface area contributed by atoms with Crippen LogP contribution in [0.1, 0.15) is 32.6 Å². The molecule has 0 radical (unpaired) electrons. The molecule has 4 aromatic carbocycles. The van der Waals surface area contributed by atoms with Crippen LogP contribution in [0.4, 0.5) is 0 Å². The van der Waals surface area contributed by atoms with Crippen molar-refractivity contribution < 1.29 is 23.7 Å². The maximum atomic E-state index is 12.9. The standard InChI is InChI=1S/C30H26O5/c1-19-24-7-5-6-8-25(24)28-26(27(19)29(31)34-4)17-18-30(35-28,20-9-13-22(32-2)14-10-20)21-11-15-23(33-3)16-12-21/h5-18H,1-4H3. The number of carbonyl (C=O) groups excluding carboxylic acids is 1. The van der Waals surface area contributed by atoms with Crippen molar-refractivity contribution in [2.24, 2.45) is 0 Å². The van der Waals surface area contributed by atoms with Crippen LogP contribution in [0.5, 0.6) is 17.2 Å². The molecule has 0 aliphatic carbocycles. The molecule has 35 heavy (non-hydrogen) atoms. The molecule has 5 heteroatoms. The molecule has 0 atom stereocenters. The lowest BCUT2D eigenvalue weighted by atomic mass is 9.82.